The van der Waals surface area contributed by atoms with Crippen molar-refractivity contribution >= 4 is 57.7 Å². The average molecular weight is 474 g/mol. The van der Waals surface area contributed by atoms with E-state index in [2.05, 4.69) is 16.8 Å². The number of rotatable bonds is 6. The molecule has 11 heteroatoms. The van der Waals surface area contributed by atoms with Crippen molar-refractivity contribution in [2.45, 2.75) is 12.8 Å². The largest absolute Gasteiger partial charge is 0.481 e. The molecule has 9 nitrogen and oxygen atoms in total. The Morgan fingerprint density at radius 1 is 1.25 bits per heavy atom. The van der Waals surface area contributed by atoms with Gasteiger partial charge in [0, 0.05) is 45.3 Å². The summed E-state index contributed by atoms with van der Waals surface area (Å²) >= 11 is 6.46. The Hall–Kier alpha value is -2.76. The van der Waals surface area contributed by atoms with Crippen LogP contribution in [0.15, 0.2) is 34.1 Å². The lowest BCUT2D eigenvalue weighted by molar-refractivity contribution is -0.137. The Morgan fingerprint density at radius 3 is 2.72 bits per heavy atom. The highest BCUT2D eigenvalue weighted by atomic mass is 32.2. The van der Waals surface area contributed by atoms with Crippen LogP contribution in [0, 0.1) is 0 Å². The van der Waals surface area contributed by atoms with Gasteiger partial charge in [-0.25, -0.2) is 4.98 Å². The molecule has 0 saturated carbocycles. The van der Waals surface area contributed by atoms with Gasteiger partial charge >= 0.3 is 5.97 Å². The first-order valence-electron chi connectivity index (χ1n) is 10.3. The van der Waals surface area contributed by atoms with E-state index in [1.165, 1.54) is 9.30 Å². The van der Waals surface area contributed by atoms with Crippen LogP contribution in [0.4, 0.5) is 5.82 Å². The van der Waals surface area contributed by atoms with E-state index in [-0.39, 0.29) is 24.4 Å². The molecule has 2 aromatic rings. The zero-order valence-electron chi connectivity index (χ0n) is 17.6. The number of aromatic nitrogens is 2. The maximum atomic E-state index is 13.4. The van der Waals surface area contributed by atoms with E-state index >= 15 is 0 Å². The second-order valence-electron chi connectivity index (χ2n) is 7.70. The normalized spacial score (nSPS) is 18.8. The van der Waals surface area contributed by atoms with Gasteiger partial charge < -0.3 is 14.9 Å². The molecule has 2 fully saturated rings. The van der Waals surface area contributed by atoms with Crippen LogP contribution in [0.1, 0.15) is 18.4 Å². The Bertz CT molecular complexity index is 1170. The summed E-state index contributed by atoms with van der Waals surface area (Å²) in [6, 6.07) is 5.38. The van der Waals surface area contributed by atoms with Gasteiger partial charge in [0.2, 0.25) is 0 Å². The van der Waals surface area contributed by atoms with Crippen molar-refractivity contribution in [2.75, 3.05) is 44.7 Å². The van der Waals surface area contributed by atoms with E-state index < -0.39 is 5.97 Å². The fraction of sp³-hybridized carbons (Fsp3) is 0.381. The molecule has 2 saturated heterocycles. The Kier molecular flexibility index (Phi) is 6.58. The molecule has 2 aromatic heterocycles. The first-order chi connectivity index (χ1) is 15.3. The number of aliphatic carboxylic acids is 1. The fourth-order valence-electron chi connectivity index (χ4n) is 3.69. The van der Waals surface area contributed by atoms with Gasteiger partial charge in [0.05, 0.1) is 10.5 Å². The molecular weight excluding hydrogens is 450 g/mol. The molecule has 0 spiro atoms. The zero-order valence-corrected chi connectivity index (χ0v) is 19.2. The highest BCUT2D eigenvalue weighted by molar-refractivity contribution is 8.26. The maximum Gasteiger partial charge on any atom is 0.303 e. The van der Waals surface area contributed by atoms with Crippen molar-refractivity contribution in [3.8, 4) is 0 Å². The minimum absolute atomic E-state index is 0.0421. The van der Waals surface area contributed by atoms with E-state index in [1.54, 1.807) is 24.4 Å². The molecule has 1 N–H and O–H groups in total. The molecule has 32 heavy (non-hydrogen) atoms. The van der Waals surface area contributed by atoms with Crippen LogP contribution in [0.2, 0.25) is 0 Å². The maximum absolute atomic E-state index is 13.4. The summed E-state index contributed by atoms with van der Waals surface area (Å²) in [5, 5.41) is 8.85. The van der Waals surface area contributed by atoms with E-state index in [4.69, 9.17) is 22.3 Å². The van der Waals surface area contributed by atoms with Gasteiger partial charge in [0.25, 0.3) is 11.5 Å². The summed E-state index contributed by atoms with van der Waals surface area (Å²) in [5.41, 5.74) is 0.648. The van der Waals surface area contributed by atoms with Crippen molar-refractivity contribution in [3.63, 3.8) is 0 Å². The Balaban J connectivity index is 1.72. The van der Waals surface area contributed by atoms with Crippen molar-refractivity contribution in [3.05, 3.63) is 45.2 Å². The summed E-state index contributed by atoms with van der Waals surface area (Å²) in [6.45, 7) is 3.38. The average Bonchev–Trinajstić information content (AvgIpc) is 3.03. The van der Waals surface area contributed by atoms with Gasteiger partial charge in [0.1, 0.15) is 15.8 Å². The third-order valence-electron chi connectivity index (χ3n) is 5.47. The molecule has 4 rings (SSSR count). The summed E-state index contributed by atoms with van der Waals surface area (Å²) in [6.07, 6.45) is 3.51. The second-order valence-corrected chi connectivity index (χ2v) is 9.38. The van der Waals surface area contributed by atoms with Crippen molar-refractivity contribution in [2.24, 2.45) is 0 Å². The molecule has 0 unspecified atom stereocenters. The molecule has 4 heterocycles. The molecular formula is C21H23N5O4S2. The minimum atomic E-state index is -0.918. The predicted molar refractivity (Wildman–Crippen MR) is 128 cm³/mol. The first kappa shape index (κ1) is 22.4. The van der Waals surface area contributed by atoms with Crippen LogP contribution >= 0.6 is 24.0 Å². The summed E-state index contributed by atoms with van der Waals surface area (Å²) in [7, 11) is 2.05. The number of hydrogen-bond donors (Lipinski definition) is 1. The number of anilines is 1. The molecule has 0 atom stereocenters. The monoisotopic (exact) mass is 473 g/mol. The van der Waals surface area contributed by atoms with Crippen molar-refractivity contribution in [1.82, 2.24) is 19.2 Å². The van der Waals surface area contributed by atoms with Gasteiger partial charge in [-0.3, -0.25) is 23.7 Å². The minimum Gasteiger partial charge on any atom is -0.481 e. The van der Waals surface area contributed by atoms with Crippen LogP contribution in [0.25, 0.3) is 11.7 Å². The number of hydrogen-bond acceptors (Lipinski definition) is 8. The van der Waals surface area contributed by atoms with Crippen LogP contribution in [-0.4, -0.2) is 80.3 Å². The number of thioether (sulfide) groups is 1. The topological polar surface area (TPSA) is 98.5 Å². The molecule has 168 valence electrons. The van der Waals surface area contributed by atoms with Gasteiger partial charge in [0.15, 0.2) is 0 Å². The quantitative estimate of drug-likeness (QED) is 0.494. The highest BCUT2D eigenvalue weighted by Crippen LogP contribution is 2.33. The third-order valence-corrected chi connectivity index (χ3v) is 6.85. The molecule has 1 amide bonds. The number of nitrogens with zero attached hydrogens (tertiary/aromatic N) is 5. The molecule has 2 aliphatic heterocycles. The highest BCUT2D eigenvalue weighted by Gasteiger charge is 2.33. The summed E-state index contributed by atoms with van der Waals surface area (Å²) < 4.78 is 1.83. The van der Waals surface area contributed by atoms with Gasteiger partial charge in [-0.15, -0.1) is 0 Å². The third kappa shape index (κ3) is 4.54. The van der Waals surface area contributed by atoms with Gasteiger partial charge in [-0.2, -0.15) is 0 Å². The van der Waals surface area contributed by atoms with Gasteiger partial charge in [-0.05, 0) is 31.7 Å². The summed E-state index contributed by atoms with van der Waals surface area (Å²) in [5.74, 6) is -0.671. The molecule has 0 bridgehead atoms. The number of thiocarbonyl (C=S) groups is 1. The number of carbonyl (C=O) groups is 2. The van der Waals surface area contributed by atoms with Crippen LogP contribution in [-0.2, 0) is 9.59 Å². The van der Waals surface area contributed by atoms with Crippen molar-refractivity contribution in [1.29, 1.82) is 0 Å². The predicted octanol–water partition coefficient (Wildman–Crippen LogP) is 1.51. The smallest absolute Gasteiger partial charge is 0.303 e. The fourth-order valence-corrected chi connectivity index (χ4v) is 4.98. The second kappa shape index (κ2) is 9.39. The first-order valence-corrected chi connectivity index (χ1v) is 11.5. The standard InChI is InChI=1S/C21H23N5O4S2/c1-23-9-11-24(12-10-23)18-14(19(29)25-7-3-2-5-16(25)22-18)13-15-20(30)26(21(31)32-15)8-4-6-17(27)28/h2-3,5,7,13H,4,6,8-12H2,1H3,(H,27,28). The van der Waals surface area contributed by atoms with Crippen LogP contribution in [0.3, 0.4) is 0 Å². The number of amides is 1. The number of carboxylic acid groups (broad SMARTS) is 1. The number of carbonyl (C=O) groups excluding carboxylic acids is 1. The zero-order chi connectivity index (χ0) is 22.8. The van der Waals surface area contributed by atoms with E-state index in [9.17, 15) is 14.4 Å². The van der Waals surface area contributed by atoms with E-state index in [0.29, 0.717) is 32.7 Å². The number of pyridine rings is 1. The number of likely N-dealkylation sites (N-methyl/N-ethyl adjacent to an activating group) is 1. The number of carboxylic acids is 1. The van der Waals surface area contributed by atoms with E-state index in [1.807, 2.05) is 6.07 Å². The molecule has 0 aliphatic carbocycles. The molecule has 2 aliphatic rings. The van der Waals surface area contributed by atoms with Crippen molar-refractivity contribution < 1.29 is 14.7 Å². The van der Waals surface area contributed by atoms with Gasteiger partial charge in [-0.1, -0.05) is 30.0 Å². The lowest BCUT2D eigenvalue weighted by Gasteiger charge is -2.34. The summed E-state index contributed by atoms with van der Waals surface area (Å²) in [4.78, 5) is 47.9. The number of piperazine rings is 1. The lowest BCUT2D eigenvalue weighted by Crippen LogP contribution is -2.45. The number of fused-ring (bicyclic) bond motifs is 1. The SMILES string of the molecule is CN1CCN(c2nc3ccccn3c(=O)c2C=C2SC(=S)N(CCCC(=O)O)C2=O)CC1. The van der Waals surface area contributed by atoms with Crippen LogP contribution in [0.5, 0.6) is 0 Å². The van der Waals surface area contributed by atoms with Crippen LogP contribution < -0.4 is 10.5 Å². The lowest BCUT2D eigenvalue weighted by atomic mass is 10.2. The van der Waals surface area contributed by atoms with E-state index in [0.717, 1.165) is 37.9 Å². The molecule has 0 aromatic carbocycles. The Morgan fingerprint density at radius 2 is 2.00 bits per heavy atom. The Labute approximate surface area is 194 Å². The molecule has 0 radical (unpaired) electrons.